The van der Waals surface area contributed by atoms with Gasteiger partial charge in [-0.3, -0.25) is 0 Å². The summed E-state index contributed by atoms with van der Waals surface area (Å²) in [6.07, 6.45) is 0. The third kappa shape index (κ3) is 1.91. The standard InChI is InChI=1S/C14H11BrN2S/c1-8-10(3-2-4-11(8)16)14-17-12-7-9(15)5-6-13(12)18-14/h2-7H,16H2,1H3. The monoisotopic (exact) mass is 318 g/mol. The number of thiazole rings is 1. The summed E-state index contributed by atoms with van der Waals surface area (Å²) in [6, 6.07) is 12.1. The van der Waals surface area contributed by atoms with Gasteiger partial charge in [-0.15, -0.1) is 11.3 Å². The molecule has 3 rings (SSSR count). The van der Waals surface area contributed by atoms with Crippen LogP contribution in [0, 0.1) is 6.92 Å². The van der Waals surface area contributed by atoms with E-state index in [0.29, 0.717) is 0 Å². The molecule has 0 bridgehead atoms. The first-order valence-electron chi connectivity index (χ1n) is 5.57. The van der Waals surface area contributed by atoms with E-state index in [4.69, 9.17) is 5.73 Å². The highest BCUT2D eigenvalue weighted by Gasteiger charge is 2.10. The molecule has 0 fully saturated rings. The van der Waals surface area contributed by atoms with Crippen LogP contribution in [0.1, 0.15) is 5.56 Å². The number of aromatic nitrogens is 1. The zero-order valence-electron chi connectivity index (χ0n) is 9.77. The molecule has 0 saturated carbocycles. The van der Waals surface area contributed by atoms with Gasteiger partial charge in [0.05, 0.1) is 10.2 Å². The Morgan fingerprint density at radius 1 is 1.22 bits per heavy atom. The number of nitrogens with zero attached hydrogens (tertiary/aromatic N) is 1. The van der Waals surface area contributed by atoms with E-state index in [-0.39, 0.29) is 0 Å². The molecule has 1 aromatic heterocycles. The van der Waals surface area contributed by atoms with Gasteiger partial charge in [0.2, 0.25) is 0 Å². The molecule has 0 saturated heterocycles. The summed E-state index contributed by atoms with van der Waals surface area (Å²) < 4.78 is 2.24. The number of halogens is 1. The summed E-state index contributed by atoms with van der Waals surface area (Å²) in [5.41, 5.74) is 9.99. The van der Waals surface area contributed by atoms with E-state index < -0.39 is 0 Å². The molecule has 1 heterocycles. The van der Waals surface area contributed by atoms with Crippen molar-refractivity contribution in [2.45, 2.75) is 6.92 Å². The predicted octanol–water partition coefficient (Wildman–Crippen LogP) is 4.62. The number of hydrogen-bond donors (Lipinski definition) is 1. The van der Waals surface area contributed by atoms with Crippen LogP contribution in [0.4, 0.5) is 5.69 Å². The number of anilines is 1. The molecular formula is C14H11BrN2S. The Bertz CT molecular complexity index is 734. The van der Waals surface area contributed by atoms with Crippen molar-refractivity contribution in [1.82, 2.24) is 4.98 Å². The van der Waals surface area contributed by atoms with Crippen molar-refractivity contribution in [3.63, 3.8) is 0 Å². The quantitative estimate of drug-likeness (QED) is 0.665. The fraction of sp³-hybridized carbons (Fsp3) is 0.0714. The first-order chi connectivity index (χ1) is 8.65. The summed E-state index contributed by atoms with van der Waals surface area (Å²) in [5, 5.41) is 1.02. The van der Waals surface area contributed by atoms with Crippen molar-refractivity contribution in [1.29, 1.82) is 0 Å². The predicted molar refractivity (Wildman–Crippen MR) is 81.9 cm³/mol. The van der Waals surface area contributed by atoms with E-state index in [1.807, 2.05) is 31.2 Å². The van der Waals surface area contributed by atoms with Crippen LogP contribution >= 0.6 is 27.3 Å². The first kappa shape index (κ1) is 11.7. The van der Waals surface area contributed by atoms with Crippen molar-refractivity contribution in [2.24, 2.45) is 0 Å². The number of nitrogen functional groups attached to an aromatic ring is 1. The Balaban J connectivity index is 2.22. The molecule has 0 spiro atoms. The minimum absolute atomic E-state index is 0.813. The fourth-order valence-corrected chi connectivity index (χ4v) is 3.28. The van der Waals surface area contributed by atoms with Crippen LogP contribution in [0.15, 0.2) is 40.9 Å². The molecule has 3 aromatic rings. The summed E-state index contributed by atoms with van der Waals surface area (Å²) in [6.45, 7) is 2.03. The molecule has 90 valence electrons. The number of nitrogens with two attached hydrogens (primary N) is 1. The highest BCUT2D eigenvalue weighted by Crippen LogP contribution is 2.34. The van der Waals surface area contributed by atoms with Gasteiger partial charge in [0, 0.05) is 15.7 Å². The molecule has 4 heteroatoms. The Hall–Kier alpha value is -1.39. The Morgan fingerprint density at radius 3 is 2.89 bits per heavy atom. The summed E-state index contributed by atoms with van der Waals surface area (Å²) in [5.74, 6) is 0. The minimum atomic E-state index is 0.813. The Labute approximate surface area is 118 Å². The maximum atomic E-state index is 5.95. The van der Waals surface area contributed by atoms with E-state index in [0.717, 1.165) is 31.8 Å². The zero-order valence-corrected chi connectivity index (χ0v) is 12.2. The van der Waals surface area contributed by atoms with Gasteiger partial charge >= 0.3 is 0 Å². The maximum Gasteiger partial charge on any atom is 0.124 e. The molecule has 0 amide bonds. The van der Waals surface area contributed by atoms with Gasteiger partial charge in [-0.1, -0.05) is 28.1 Å². The van der Waals surface area contributed by atoms with Crippen LogP contribution in [0.25, 0.3) is 20.8 Å². The lowest BCUT2D eigenvalue weighted by molar-refractivity contribution is 1.41. The molecule has 2 N–H and O–H groups in total. The van der Waals surface area contributed by atoms with Crippen LogP contribution in [0.2, 0.25) is 0 Å². The van der Waals surface area contributed by atoms with Crippen LogP contribution in [0.3, 0.4) is 0 Å². The van der Waals surface area contributed by atoms with E-state index in [2.05, 4.69) is 33.0 Å². The molecule has 18 heavy (non-hydrogen) atoms. The van der Waals surface area contributed by atoms with Crippen molar-refractivity contribution < 1.29 is 0 Å². The average molecular weight is 319 g/mol. The average Bonchev–Trinajstić information content (AvgIpc) is 2.75. The second kappa shape index (κ2) is 4.37. The second-order valence-corrected chi connectivity index (χ2v) is 6.10. The van der Waals surface area contributed by atoms with E-state index in [1.54, 1.807) is 11.3 Å². The van der Waals surface area contributed by atoms with Gasteiger partial charge in [-0.25, -0.2) is 4.98 Å². The number of benzene rings is 2. The molecule has 0 radical (unpaired) electrons. The third-order valence-corrected chi connectivity index (χ3v) is 4.52. The van der Waals surface area contributed by atoms with Crippen LogP contribution in [-0.4, -0.2) is 4.98 Å². The van der Waals surface area contributed by atoms with E-state index in [1.165, 1.54) is 4.70 Å². The minimum Gasteiger partial charge on any atom is -0.398 e. The lowest BCUT2D eigenvalue weighted by Gasteiger charge is -2.04. The molecule has 2 nitrogen and oxygen atoms in total. The Morgan fingerprint density at radius 2 is 2.06 bits per heavy atom. The largest absolute Gasteiger partial charge is 0.398 e. The number of fused-ring (bicyclic) bond motifs is 1. The van der Waals surface area contributed by atoms with Crippen LogP contribution in [0.5, 0.6) is 0 Å². The molecule has 0 aliphatic heterocycles. The molecular weight excluding hydrogens is 308 g/mol. The van der Waals surface area contributed by atoms with Crippen LogP contribution in [-0.2, 0) is 0 Å². The van der Waals surface area contributed by atoms with Crippen molar-refractivity contribution >= 4 is 43.2 Å². The van der Waals surface area contributed by atoms with Gasteiger partial charge in [0.25, 0.3) is 0 Å². The van der Waals surface area contributed by atoms with Gasteiger partial charge in [0.15, 0.2) is 0 Å². The topological polar surface area (TPSA) is 38.9 Å². The normalized spacial score (nSPS) is 11.0. The zero-order chi connectivity index (χ0) is 12.7. The maximum absolute atomic E-state index is 5.95. The smallest absolute Gasteiger partial charge is 0.124 e. The number of hydrogen-bond acceptors (Lipinski definition) is 3. The molecule has 2 aromatic carbocycles. The fourth-order valence-electron chi connectivity index (χ4n) is 1.90. The van der Waals surface area contributed by atoms with Gasteiger partial charge < -0.3 is 5.73 Å². The summed E-state index contributed by atoms with van der Waals surface area (Å²) >= 11 is 5.16. The highest BCUT2D eigenvalue weighted by atomic mass is 79.9. The van der Waals surface area contributed by atoms with Crippen molar-refractivity contribution in [2.75, 3.05) is 5.73 Å². The van der Waals surface area contributed by atoms with Crippen molar-refractivity contribution in [3.8, 4) is 10.6 Å². The molecule has 0 aliphatic rings. The Kier molecular flexibility index (Phi) is 2.84. The summed E-state index contributed by atoms with van der Waals surface area (Å²) in [4.78, 5) is 4.68. The van der Waals surface area contributed by atoms with Gasteiger partial charge in [-0.2, -0.15) is 0 Å². The molecule has 0 aliphatic carbocycles. The van der Waals surface area contributed by atoms with E-state index >= 15 is 0 Å². The van der Waals surface area contributed by atoms with E-state index in [9.17, 15) is 0 Å². The first-order valence-corrected chi connectivity index (χ1v) is 7.17. The number of rotatable bonds is 1. The van der Waals surface area contributed by atoms with Gasteiger partial charge in [0.1, 0.15) is 5.01 Å². The lowest BCUT2D eigenvalue weighted by atomic mass is 10.1. The van der Waals surface area contributed by atoms with Crippen molar-refractivity contribution in [3.05, 3.63) is 46.4 Å². The highest BCUT2D eigenvalue weighted by molar-refractivity contribution is 9.10. The molecule has 0 atom stereocenters. The SMILES string of the molecule is Cc1c(N)cccc1-c1nc2cc(Br)ccc2s1. The third-order valence-electron chi connectivity index (χ3n) is 2.96. The summed E-state index contributed by atoms with van der Waals surface area (Å²) in [7, 11) is 0. The van der Waals surface area contributed by atoms with Crippen LogP contribution < -0.4 is 5.73 Å². The van der Waals surface area contributed by atoms with Gasteiger partial charge in [-0.05, 0) is 36.8 Å². The molecule has 0 unspecified atom stereocenters. The second-order valence-electron chi connectivity index (χ2n) is 4.15. The lowest BCUT2D eigenvalue weighted by Crippen LogP contribution is -1.91.